The average molecular weight is 1140 g/mol. The van der Waals surface area contributed by atoms with E-state index in [-0.39, 0.29) is 13.4 Å². The molecule has 6 nitrogen and oxygen atoms in total. The molecule has 6 heterocycles. The first-order chi connectivity index (χ1) is 44.7. The Balaban J connectivity index is 0.992. The van der Waals surface area contributed by atoms with Crippen LogP contribution < -0.4 is 62.2 Å². The molecule has 0 atom stereocenters. The Labute approximate surface area is 523 Å². The summed E-state index contributed by atoms with van der Waals surface area (Å²) < 4.78 is 0. The van der Waals surface area contributed by atoms with Gasteiger partial charge in [-0.25, -0.2) is 0 Å². The molecule has 8 heteroatoms. The predicted molar refractivity (Wildman–Crippen MR) is 379 cm³/mol. The van der Waals surface area contributed by atoms with E-state index in [0.29, 0.717) is 0 Å². The van der Waals surface area contributed by atoms with Crippen LogP contribution in [0.3, 0.4) is 0 Å². The fraction of sp³-hybridized carbons (Fsp3) is 0. The lowest BCUT2D eigenvalue weighted by Gasteiger charge is -2.51. The zero-order valence-electron chi connectivity index (χ0n) is 48.9. The molecule has 0 fully saturated rings. The molecule has 14 aromatic carbocycles. The molecule has 6 aliphatic heterocycles. The van der Waals surface area contributed by atoms with Crippen LogP contribution in [-0.4, -0.2) is 13.4 Å². The minimum absolute atomic E-state index is 0.148. The summed E-state index contributed by atoms with van der Waals surface area (Å²) in [6, 6.07) is 118. The van der Waals surface area contributed by atoms with E-state index in [1.807, 2.05) is 0 Å². The van der Waals surface area contributed by atoms with Crippen LogP contribution in [0, 0.1) is 0 Å². The van der Waals surface area contributed by atoms with Crippen molar-refractivity contribution in [2.75, 3.05) is 29.4 Å². The van der Waals surface area contributed by atoms with E-state index in [9.17, 15) is 0 Å². The van der Waals surface area contributed by atoms with E-state index in [4.69, 9.17) is 0 Å². The number of anilines is 18. The number of hydrogen-bond acceptors (Lipinski definition) is 6. The van der Waals surface area contributed by atoms with Crippen molar-refractivity contribution in [1.29, 1.82) is 0 Å². The smallest absolute Gasteiger partial charge is 0.257 e. The second-order valence-corrected chi connectivity index (χ2v) is 24.3. The molecule has 0 unspecified atom stereocenters. The van der Waals surface area contributed by atoms with Crippen LogP contribution in [0.1, 0.15) is 0 Å². The molecule has 0 aliphatic carbocycles. The standard InChI is InChI=1S/C82H52B2N6/c1-9-27-53(28-10-1)55-47-69-77-71(49-55)87(59-35-17-5-18-36-59)73-51-63-64(81-79(73)83(77)75-65(85(69)57-31-13-3-14-32-57)43-25-45-67(75)89(81)61-39-21-7-22-40-61)52-74-80-82(63)90(62-41-23-8-24-42-62)68-46-26-44-66-76(68)84(80)78-70(86(66)58-33-15-4-16-34-58)48-56(54-29-11-2-12-30-54)50-72(78)88(74)60-37-19-6-20-38-60/h1-52H. The number of benzene rings is 14. The maximum absolute atomic E-state index is 2.63. The molecule has 0 N–H and O–H groups in total. The third-order valence-corrected chi connectivity index (χ3v) is 19.7. The molecule has 20 rings (SSSR count). The van der Waals surface area contributed by atoms with Crippen molar-refractivity contribution in [2.45, 2.75) is 0 Å². The van der Waals surface area contributed by atoms with Gasteiger partial charge in [0.1, 0.15) is 0 Å². The summed E-state index contributed by atoms with van der Waals surface area (Å²) in [5.41, 5.74) is 33.2. The zero-order chi connectivity index (χ0) is 58.7. The Kier molecular flexibility index (Phi) is 10.4. The summed E-state index contributed by atoms with van der Waals surface area (Å²) in [5, 5.41) is 2.36. The van der Waals surface area contributed by atoms with Gasteiger partial charge in [0.2, 0.25) is 0 Å². The van der Waals surface area contributed by atoms with Crippen LogP contribution in [-0.2, 0) is 0 Å². The van der Waals surface area contributed by atoms with Gasteiger partial charge in [-0.3, -0.25) is 0 Å². The molecular weight excluding hydrogens is 1090 g/mol. The van der Waals surface area contributed by atoms with Crippen LogP contribution in [0.2, 0.25) is 0 Å². The molecule has 0 saturated carbocycles. The van der Waals surface area contributed by atoms with E-state index in [0.717, 1.165) is 45.3 Å². The highest BCUT2D eigenvalue weighted by Gasteiger charge is 2.54. The highest BCUT2D eigenvalue weighted by Crippen LogP contribution is 2.58. The van der Waals surface area contributed by atoms with Crippen molar-refractivity contribution < 1.29 is 0 Å². The van der Waals surface area contributed by atoms with Gasteiger partial charge in [-0.15, -0.1) is 0 Å². The van der Waals surface area contributed by atoms with Gasteiger partial charge in [-0.1, -0.05) is 182 Å². The molecule has 0 amide bonds. The maximum atomic E-state index is 2.63. The fourth-order valence-corrected chi connectivity index (χ4v) is 16.3. The molecule has 0 aromatic heterocycles. The Bertz CT molecular complexity index is 4940. The second kappa shape index (κ2) is 18.9. The van der Waals surface area contributed by atoms with Gasteiger partial charge in [-0.05, 0) is 188 Å². The molecule has 90 heavy (non-hydrogen) atoms. The zero-order valence-corrected chi connectivity index (χ0v) is 48.9. The Morgan fingerprint density at radius 3 is 0.678 bits per heavy atom. The van der Waals surface area contributed by atoms with Crippen molar-refractivity contribution in [1.82, 2.24) is 0 Å². The van der Waals surface area contributed by atoms with Crippen molar-refractivity contribution in [2.24, 2.45) is 0 Å². The fourth-order valence-electron chi connectivity index (χ4n) is 16.3. The van der Waals surface area contributed by atoms with Gasteiger partial charge in [0.05, 0.1) is 11.4 Å². The van der Waals surface area contributed by atoms with Crippen molar-refractivity contribution in [3.8, 4) is 22.3 Å². The van der Waals surface area contributed by atoms with E-state index < -0.39 is 0 Å². The lowest BCUT2D eigenvalue weighted by molar-refractivity contribution is 1.22. The molecule has 14 aromatic rings. The van der Waals surface area contributed by atoms with E-state index in [1.54, 1.807) is 0 Å². The second-order valence-electron chi connectivity index (χ2n) is 24.3. The van der Waals surface area contributed by atoms with Gasteiger partial charge in [-0.2, -0.15) is 0 Å². The lowest BCUT2D eigenvalue weighted by Crippen LogP contribution is -2.65. The first-order valence-corrected chi connectivity index (χ1v) is 31.2. The third-order valence-electron chi connectivity index (χ3n) is 19.7. The highest BCUT2D eigenvalue weighted by molar-refractivity contribution is 7.04. The lowest BCUT2D eigenvalue weighted by atomic mass is 9.31. The van der Waals surface area contributed by atoms with Gasteiger partial charge < -0.3 is 29.4 Å². The normalized spacial score (nSPS) is 13.8. The number of hydrogen-bond donors (Lipinski definition) is 0. The van der Waals surface area contributed by atoms with Gasteiger partial charge >= 0.3 is 0 Å². The Hall–Kier alpha value is -11.7. The van der Waals surface area contributed by atoms with E-state index in [2.05, 4.69) is 345 Å². The van der Waals surface area contributed by atoms with Crippen LogP contribution in [0.4, 0.5) is 102 Å². The molecule has 6 aliphatic rings. The van der Waals surface area contributed by atoms with Crippen LogP contribution in [0.15, 0.2) is 315 Å². The molecule has 416 valence electrons. The molecule has 0 bridgehead atoms. The molecule has 0 radical (unpaired) electrons. The van der Waals surface area contributed by atoms with E-state index in [1.165, 1.54) is 123 Å². The molecule has 0 saturated heterocycles. The Morgan fingerprint density at radius 2 is 0.389 bits per heavy atom. The summed E-state index contributed by atoms with van der Waals surface area (Å²) in [6.07, 6.45) is 0. The minimum atomic E-state index is -0.148. The van der Waals surface area contributed by atoms with Crippen molar-refractivity contribution in [3.63, 3.8) is 0 Å². The number of fused-ring (bicyclic) bond motifs is 3. The topological polar surface area (TPSA) is 19.4 Å². The minimum Gasteiger partial charge on any atom is -0.311 e. The molecule has 0 spiro atoms. The maximum Gasteiger partial charge on any atom is 0.257 e. The first-order valence-electron chi connectivity index (χ1n) is 31.2. The van der Waals surface area contributed by atoms with E-state index >= 15 is 0 Å². The predicted octanol–water partition coefficient (Wildman–Crippen LogP) is 17.9. The summed E-state index contributed by atoms with van der Waals surface area (Å²) in [7, 11) is 0. The average Bonchev–Trinajstić information content (AvgIpc) is 0.680. The van der Waals surface area contributed by atoms with Crippen molar-refractivity contribution >= 4 is 159 Å². The number of rotatable bonds is 8. The van der Waals surface area contributed by atoms with Gasteiger partial charge in [0, 0.05) is 102 Å². The van der Waals surface area contributed by atoms with Crippen molar-refractivity contribution in [3.05, 3.63) is 315 Å². The Morgan fingerprint density at radius 1 is 0.167 bits per heavy atom. The van der Waals surface area contributed by atoms with Crippen LogP contribution in [0.5, 0.6) is 0 Å². The van der Waals surface area contributed by atoms with Crippen LogP contribution in [0.25, 0.3) is 33.0 Å². The summed E-state index contributed by atoms with van der Waals surface area (Å²) >= 11 is 0. The quantitative estimate of drug-likeness (QED) is 0.140. The monoisotopic (exact) mass is 1140 g/mol. The largest absolute Gasteiger partial charge is 0.311 e. The number of nitrogens with zero attached hydrogens (tertiary/aromatic N) is 6. The number of para-hydroxylation sites is 6. The summed E-state index contributed by atoms with van der Waals surface area (Å²) in [4.78, 5) is 15.6. The van der Waals surface area contributed by atoms with Gasteiger partial charge in [0.15, 0.2) is 0 Å². The third kappa shape index (κ3) is 6.79. The van der Waals surface area contributed by atoms with Gasteiger partial charge in [0.25, 0.3) is 13.4 Å². The summed E-state index contributed by atoms with van der Waals surface area (Å²) in [6.45, 7) is -0.295. The SMILES string of the molecule is c1ccc(-c2cc3c4c(c2)N(c2ccccc2)c2cc5c6c7c(cc5c5c2B4c2c(cccc2N5c2ccccc2)N3c2ccccc2)N(c2ccccc2)c2cc(-c3ccccc3)cc3c2B7c2c(cccc2N6c2ccccc2)N3c2ccccc2)cc1. The highest BCUT2D eigenvalue weighted by atomic mass is 15.2. The summed E-state index contributed by atoms with van der Waals surface area (Å²) in [5.74, 6) is 0. The first kappa shape index (κ1) is 49.4. The molecular formula is C82H52B2N6. The van der Waals surface area contributed by atoms with Crippen LogP contribution >= 0.6 is 0 Å².